The van der Waals surface area contributed by atoms with Gasteiger partial charge in [0.05, 0.1) is 0 Å². The largest absolute Gasteiger partial charge is 0.623 e. The maximum Gasteiger partial charge on any atom is 0.228 e. The van der Waals surface area contributed by atoms with Gasteiger partial charge < -0.3 is 20.5 Å². The van der Waals surface area contributed by atoms with E-state index in [1.54, 1.807) is 0 Å². The number of hydrogen-bond donors (Lipinski definition) is 3. The average molecular weight is 272 g/mol. The summed E-state index contributed by atoms with van der Waals surface area (Å²) < 4.78 is 0. The molecule has 1 amide bonds. The van der Waals surface area contributed by atoms with E-state index >= 15 is 0 Å². The van der Waals surface area contributed by atoms with Gasteiger partial charge in [-0.15, -0.1) is 0 Å². The molecule has 1 aliphatic heterocycles. The van der Waals surface area contributed by atoms with E-state index in [1.165, 1.54) is 48.2 Å². The van der Waals surface area contributed by atoms with Gasteiger partial charge in [0.1, 0.15) is 22.9 Å². The van der Waals surface area contributed by atoms with Crippen molar-refractivity contribution in [1.29, 1.82) is 0 Å². The number of nitrogens with zero attached hydrogens (tertiary/aromatic N) is 1. The Morgan fingerprint density at radius 2 is 1.50 bits per heavy atom. The number of aromatic hydroxyl groups is 2. The SMILES string of the molecule is CC(=O)N1c2ccc(O)cc2[NH+]([O-])c2cc(O)ccc21. The van der Waals surface area contributed by atoms with Gasteiger partial charge in [-0.05, 0) is 24.3 Å². The van der Waals surface area contributed by atoms with Crippen molar-refractivity contribution in [2.75, 3.05) is 4.90 Å². The molecule has 0 fully saturated rings. The van der Waals surface area contributed by atoms with E-state index in [-0.39, 0.29) is 33.8 Å². The van der Waals surface area contributed by atoms with E-state index in [1.807, 2.05) is 0 Å². The van der Waals surface area contributed by atoms with E-state index < -0.39 is 0 Å². The van der Waals surface area contributed by atoms with Crippen LogP contribution in [-0.2, 0) is 4.79 Å². The van der Waals surface area contributed by atoms with Gasteiger partial charge in [0, 0.05) is 19.1 Å². The summed E-state index contributed by atoms with van der Waals surface area (Å²) in [5, 5.41) is 31.1. The third-order valence-corrected chi connectivity index (χ3v) is 3.25. The zero-order chi connectivity index (χ0) is 14.4. The molecule has 0 aliphatic carbocycles. The first-order chi connectivity index (χ1) is 9.49. The zero-order valence-electron chi connectivity index (χ0n) is 10.6. The Hall–Kier alpha value is -2.57. The Balaban J connectivity index is 2.30. The molecule has 0 saturated heterocycles. The average Bonchev–Trinajstić information content (AvgIpc) is 2.40. The maximum atomic E-state index is 12.4. The topological polar surface area (TPSA) is 88.3 Å². The standard InChI is InChI=1S/C14H12N2O4/c1-8(17)15-11-4-2-9(18)6-13(11)16(20)14-7-10(19)3-5-12(14)15/h2-7,16,18-19H,1H3. The number of phenols is 2. The smallest absolute Gasteiger partial charge is 0.228 e. The lowest BCUT2D eigenvalue weighted by molar-refractivity contribution is -0.698. The van der Waals surface area contributed by atoms with Crippen molar-refractivity contribution in [2.24, 2.45) is 0 Å². The molecule has 102 valence electrons. The highest BCUT2D eigenvalue weighted by molar-refractivity contribution is 6.04. The van der Waals surface area contributed by atoms with E-state index in [4.69, 9.17) is 0 Å². The Morgan fingerprint density at radius 3 is 1.90 bits per heavy atom. The third-order valence-electron chi connectivity index (χ3n) is 3.25. The van der Waals surface area contributed by atoms with E-state index in [0.29, 0.717) is 11.4 Å². The molecule has 1 heterocycles. The second-order valence-electron chi connectivity index (χ2n) is 4.59. The van der Waals surface area contributed by atoms with Gasteiger partial charge in [-0.1, -0.05) is 0 Å². The molecule has 3 N–H and O–H groups in total. The predicted octanol–water partition coefficient (Wildman–Crippen LogP) is 1.44. The van der Waals surface area contributed by atoms with Gasteiger partial charge in [0.15, 0.2) is 11.4 Å². The van der Waals surface area contributed by atoms with E-state index in [9.17, 15) is 20.2 Å². The van der Waals surface area contributed by atoms with Crippen molar-refractivity contribution in [3.05, 3.63) is 41.6 Å². The molecule has 0 saturated carbocycles. The summed E-state index contributed by atoms with van der Waals surface area (Å²) in [6, 6.07) is 8.54. The van der Waals surface area contributed by atoms with Crippen molar-refractivity contribution >= 4 is 28.7 Å². The third kappa shape index (κ3) is 1.70. The lowest BCUT2D eigenvalue weighted by Crippen LogP contribution is -2.97. The van der Waals surface area contributed by atoms with Gasteiger partial charge in [0.25, 0.3) is 0 Å². The molecule has 3 rings (SSSR count). The number of fused-ring (bicyclic) bond motifs is 2. The zero-order valence-corrected chi connectivity index (χ0v) is 10.6. The van der Waals surface area contributed by atoms with Crippen molar-refractivity contribution in [1.82, 2.24) is 0 Å². The minimum Gasteiger partial charge on any atom is -0.623 e. The number of amides is 1. The van der Waals surface area contributed by atoms with Gasteiger partial charge in [0.2, 0.25) is 5.91 Å². The molecule has 0 unspecified atom stereocenters. The molecule has 6 nitrogen and oxygen atoms in total. The highest BCUT2D eigenvalue weighted by Gasteiger charge is 2.32. The van der Waals surface area contributed by atoms with E-state index in [2.05, 4.69) is 0 Å². The number of carbonyl (C=O) groups is 1. The number of anilines is 2. The molecule has 20 heavy (non-hydrogen) atoms. The predicted molar refractivity (Wildman–Crippen MR) is 72.7 cm³/mol. The number of benzene rings is 2. The Bertz CT molecular complexity index is 661. The summed E-state index contributed by atoms with van der Waals surface area (Å²) in [5.74, 6) is -0.357. The van der Waals surface area contributed by atoms with Gasteiger partial charge in [-0.2, -0.15) is 0 Å². The monoisotopic (exact) mass is 272 g/mol. The fraction of sp³-hybridized carbons (Fsp3) is 0.0714. The number of nitrogens with one attached hydrogen (secondary N) is 1. The molecule has 6 heteroatoms. The lowest BCUT2D eigenvalue weighted by atomic mass is 10.1. The number of carbonyl (C=O) groups excluding carboxylic acids is 1. The second kappa shape index (κ2) is 4.22. The summed E-state index contributed by atoms with van der Waals surface area (Å²) in [6.07, 6.45) is 0. The first-order valence-corrected chi connectivity index (χ1v) is 6.00. The Morgan fingerprint density at radius 1 is 1.05 bits per heavy atom. The first kappa shape index (κ1) is 12.5. The molecule has 2 aromatic carbocycles. The van der Waals surface area contributed by atoms with Gasteiger partial charge >= 0.3 is 0 Å². The number of hydrogen-bond acceptors (Lipinski definition) is 4. The fourth-order valence-electron chi connectivity index (χ4n) is 2.42. The first-order valence-electron chi connectivity index (χ1n) is 6.00. The van der Waals surface area contributed by atoms with Crippen LogP contribution in [0.3, 0.4) is 0 Å². The summed E-state index contributed by atoms with van der Waals surface area (Å²) in [5.41, 5.74) is 1.33. The summed E-state index contributed by atoms with van der Waals surface area (Å²) in [4.78, 5) is 13.3. The maximum absolute atomic E-state index is 12.4. The van der Waals surface area contributed by atoms with Crippen LogP contribution in [0.15, 0.2) is 36.4 Å². The molecule has 2 aromatic rings. The molecular weight excluding hydrogens is 260 g/mol. The van der Waals surface area contributed by atoms with E-state index in [0.717, 1.165) is 0 Å². The van der Waals surface area contributed by atoms with Crippen LogP contribution in [0.4, 0.5) is 22.7 Å². The number of rotatable bonds is 0. The van der Waals surface area contributed by atoms with Crippen molar-refractivity contribution in [3.8, 4) is 11.5 Å². The summed E-state index contributed by atoms with van der Waals surface area (Å²) in [7, 11) is 0. The van der Waals surface area contributed by atoms with Crippen LogP contribution in [-0.4, -0.2) is 16.1 Å². The van der Waals surface area contributed by atoms with Gasteiger partial charge in [-0.3, -0.25) is 9.69 Å². The minimum atomic E-state index is -0.334. The van der Waals surface area contributed by atoms with Crippen LogP contribution in [0, 0.1) is 5.21 Å². The normalized spacial score (nSPS) is 13.8. The Labute approximate surface area is 114 Å². The molecule has 0 spiro atoms. The van der Waals surface area contributed by atoms with Crippen LogP contribution in [0.5, 0.6) is 11.5 Å². The van der Waals surface area contributed by atoms with Crippen molar-refractivity contribution in [3.63, 3.8) is 0 Å². The molecule has 0 atom stereocenters. The van der Waals surface area contributed by atoms with Crippen molar-refractivity contribution in [2.45, 2.75) is 6.92 Å². The molecule has 1 aliphatic rings. The highest BCUT2D eigenvalue weighted by atomic mass is 16.5. The molecule has 0 aromatic heterocycles. The minimum absolute atomic E-state index is 0.0517. The Kier molecular flexibility index (Phi) is 2.63. The van der Waals surface area contributed by atoms with Crippen LogP contribution < -0.4 is 9.96 Å². The molecule has 0 bridgehead atoms. The molecule has 0 radical (unpaired) electrons. The number of quaternary nitrogens is 1. The van der Waals surface area contributed by atoms with Crippen LogP contribution in [0.2, 0.25) is 0 Å². The van der Waals surface area contributed by atoms with Crippen LogP contribution >= 0.6 is 0 Å². The van der Waals surface area contributed by atoms with Crippen LogP contribution in [0.1, 0.15) is 6.92 Å². The van der Waals surface area contributed by atoms with Gasteiger partial charge in [-0.25, -0.2) is 0 Å². The number of phenolic OH excluding ortho intramolecular Hbond substituents is 2. The highest BCUT2D eigenvalue weighted by Crippen LogP contribution is 2.41. The lowest BCUT2D eigenvalue weighted by Gasteiger charge is -2.35. The fourth-order valence-corrected chi connectivity index (χ4v) is 2.42. The van der Waals surface area contributed by atoms with Crippen LogP contribution in [0.25, 0.3) is 0 Å². The van der Waals surface area contributed by atoms with Crippen molar-refractivity contribution < 1.29 is 20.1 Å². The second-order valence-corrected chi connectivity index (χ2v) is 4.59. The summed E-state index contributed by atoms with van der Waals surface area (Å²) >= 11 is 0. The summed E-state index contributed by atoms with van der Waals surface area (Å²) in [6.45, 7) is 1.39. The quantitative estimate of drug-likeness (QED) is 0.633. The molecular formula is C14H12N2O4.